The van der Waals surface area contributed by atoms with Gasteiger partial charge in [-0.15, -0.1) is 0 Å². The number of thiazole rings is 1. The summed E-state index contributed by atoms with van der Waals surface area (Å²) in [6.07, 6.45) is 1.03. The van der Waals surface area contributed by atoms with Crippen LogP contribution in [-0.4, -0.2) is 34.0 Å². The van der Waals surface area contributed by atoms with E-state index in [1.165, 1.54) is 11.3 Å². The highest BCUT2D eigenvalue weighted by Gasteiger charge is 2.23. The Bertz CT molecular complexity index is 1470. The van der Waals surface area contributed by atoms with Crippen LogP contribution in [0.5, 0.6) is 0 Å². The molecule has 0 fully saturated rings. The Morgan fingerprint density at radius 1 is 1.00 bits per heavy atom. The molecule has 0 aliphatic heterocycles. The predicted molar refractivity (Wildman–Crippen MR) is 140 cm³/mol. The van der Waals surface area contributed by atoms with Crippen molar-refractivity contribution in [2.24, 2.45) is 4.99 Å². The monoisotopic (exact) mass is 501 g/mol. The van der Waals surface area contributed by atoms with Crippen LogP contribution in [0.15, 0.2) is 77.8 Å². The minimum absolute atomic E-state index is 0.215. The second-order valence-electron chi connectivity index (χ2n) is 8.47. The highest BCUT2D eigenvalue weighted by atomic mass is 32.1. The smallest absolute Gasteiger partial charge is 0.326 e. The average Bonchev–Trinajstić information content (AvgIpc) is 3.22. The molecule has 184 valence electrons. The molecule has 2 amide bonds. The number of carbonyl (C=O) groups is 3. The van der Waals surface area contributed by atoms with Gasteiger partial charge in [0.1, 0.15) is 6.04 Å². The zero-order valence-electron chi connectivity index (χ0n) is 20.1. The highest BCUT2D eigenvalue weighted by Crippen LogP contribution is 2.24. The number of amides is 2. The fourth-order valence-corrected chi connectivity index (χ4v) is 5.05. The number of aliphatic carboxylic acids is 1. The quantitative estimate of drug-likeness (QED) is 0.363. The van der Waals surface area contributed by atoms with E-state index >= 15 is 0 Å². The second kappa shape index (κ2) is 11.1. The van der Waals surface area contributed by atoms with Crippen molar-refractivity contribution in [3.63, 3.8) is 0 Å². The molecule has 0 aliphatic carbocycles. The fourth-order valence-electron chi connectivity index (χ4n) is 3.95. The predicted octanol–water partition coefficient (Wildman–Crippen LogP) is 4.76. The third-order valence-electron chi connectivity index (χ3n) is 5.91. The Labute approximate surface area is 212 Å². The topological polar surface area (TPSA) is 101 Å². The maximum atomic E-state index is 12.9. The third kappa shape index (κ3) is 5.60. The molecule has 0 saturated heterocycles. The number of aromatic nitrogens is 1. The molecule has 0 saturated carbocycles. The van der Waals surface area contributed by atoms with Gasteiger partial charge in [-0.3, -0.25) is 9.59 Å². The number of fused-ring (bicyclic) bond motifs is 1. The van der Waals surface area contributed by atoms with E-state index in [1.807, 2.05) is 49.4 Å². The van der Waals surface area contributed by atoms with Gasteiger partial charge in [-0.05, 0) is 55.7 Å². The van der Waals surface area contributed by atoms with Gasteiger partial charge in [-0.2, -0.15) is 4.99 Å². The first-order valence-corrected chi connectivity index (χ1v) is 12.5. The SMILES string of the molecule is CCC(C(=O)O)n1/c(=N/C(=O)c2ccc(C)cc2)sc2cc(C(=O)NCCc3ccccc3)ccc21. The van der Waals surface area contributed by atoms with Gasteiger partial charge < -0.3 is 15.0 Å². The summed E-state index contributed by atoms with van der Waals surface area (Å²) in [5.41, 5.74) is 3.66. The lowest BCUT2D eigenvalue weighted by Gasteiger charge is -2.13. The molecule has 0 bridgehead atoms. The summed E-state index contributed by atoms with van der Waals surface area (Å²) in [6, 6.07) is 21.2. The van der Waals surface area contributed by atoms with Crippen LogP contribution in [0.1, 0.15) is 51.2 Å². The van der Waals surface area contributed by atoms with Gasteiger partial charge in [0.25, 0.3) is 11.8 Å². The molecule has 1 atom stereocenters. The van der Waals surface area contributed by atoms with Crippen molar-refractivity contribution in [1.82, 2.24) is 9.88 Å². The zero-order chi connectivity index (χ0) is 25.7. The zero-order valence-corrected chi connectivity index (χ0v) is 20.9. The minimum atomic E-state index is -1.01. The van der Waals surface area contributed by atoms with Crippen LogP contribution in [-0.2, 0) is 11.2 Å². The molecule has 1 unspecified atom stereocenters. The van der Waals surface area contributed by atoms with E-state index in [0.29, 0.717) is 34.3 Å². The number of hydrogen-bond donors (Lipinski definition) is 2. The summed E-state index contributed by atoms with van der Waals surface area (Å²) in [5, 5.41) is 12.8. The highest BCUT2D eigenvalue weighted by molar-refractivity contribution is 7.16. The summed E-state index contributed by atoms with van der Waals surface area (Å²) < 4.78 is 2.26. The van der Waals surface area contributed by atoms with Crippen LogP contribution in [0.25, 0.3) is 10.2 Å². The van der Waals surface area contributed by atoms with Gasteiger partial charge in [0.05, 0.1) is 10.2 Å². The summed E-state index contributed by atoms with van der Waals surface area (Å²) in [7, 11) is 0. The van der Waals surface area contributed by atoms with Crippen molar-refractivity contribution in [2.45, 2.75) is 32.7 Å². The van der Waals surface area contributed by atoms with Crippen LogP contribution >= 0.6 is 11.3 Å². The van der Waals surface area contributed by atoms with Crippen LogP contribution in [0.3, 0.4) is 0 Å². The van der Waals surface area contributed by atoms with Gasteiger partial charge in [0, 0.05) is 17.7 Å². The lowest BCUT2D eigenvalue weighted by molar-refractivity contribution is -0.140. The molecule has 36 heavy (non-hydrogen) atoms. The minimum Gasteiger partial charge on any atom is -0.480 e. The van der Waals surface area contributed by atoms with E-state index in [9.17, 15) is 19.5 Å². The van der Waals surface area contributed by atoms with Gasteiger partial charge in [0.15, 0.2) is 4.80 Å². The molecule has 4 aromatic rings. The molecule has 0 radical (unpaired) electrons. The van der Waals surface area contributed by atoms with Crippen LogP contribution in [0.2, 0.25) is 0 Å². The summed E-state index contributed by atoms with van der Waals surface area (Å²) in [6.45, 7) is 4.20. The van der Waals surface area contributed by atoms with E-state index in [2.05, 4.69) is 10.3 Å². The maximum absolute atomic E-state index is 12.9. The number of rotatable bonds is 8. The van der Waals surface area contributed by atoms with Crippen molar-refractivity contribution in [3.8, 4) is 0 Å². The molecule has 0 aliphatic rings. The van der Waals surface area contributed by atoms with E-state index in [4.69, 9.17) is 0 Å². The Kier molecular flexibility index (Phi) is 7.75. The Balaban J connectivity index is 1.67. The molecule has 1 aromatic heterocycles. The normalized spacial score (nSPS) is 12.4. The van der Waals surface area contributed by atoms with Gasteiger partial charge >= 0.3 is 5.97 Å². The maximum Gasteiger partial charge on any atom is 0.326 e. The van der Waals surface area contributed by atoms with E-state index in [0.717, 1.165) is 17.5 Å². The first-order chi connectivity index (χ1) is 17.4. The molecule has 7 nitrogen and oxygen atoms in total. The average molecular weight is 502 g/mol. The van der Waals surface area contributed by atoms with E-state index < -0.39 is 17.9 Å². The lowest BCUT2D eigenvalue weighted by atomic mass is 10.1. The first-order valence-electron chi connectivity index (χ1n) is 11.7. The van der Waals surface area contributed by atoms with Gasteiger partial charge in [-0.1, -0.05) is 66.3 Å². The summed E-state index contributed by atoms with van der Waals surface area (Å²) in [4.78, 5) is 42.2. The third-order valence-corrected chi connectivity index (χ3v) is 6.93. The molecule has 2 N–H and O–H groups in total. The van der Waals surface area contributed by atoms with Crippen LogP contribution in [0, 0.1) is 6.92 Å². The molecule has 3 aromatic carbocycles. The van der Waals surface area contributed by atoms with Gasteiger partial charge in [-0.25, -0.2) is 4.79 Å². The van der Waals surface area contributed by atoms with Crippen LogP contribution in [0.4, 0.5) is 0 Å². The number of benzene rings is 3. The van der Waals surface area contributed by atoms with Gasteiger partial charge in [0.2, 0.25) is 0 Å². The van der Waals surface area contributed by atoms with Crippen molar-refractivity contribution >= 4 is 39.3 Å². The number of hydrogen-bond acceptors (Lipinski definition) is 4. The standard InChI is InChI=1S/C28H27N3O4S/c1-3-22(27(34)35)31-23-14-13-21(25(32)29-16-15-19-7-5-4-6-8-19)17-24(23)36-28(31)30-26(33)20-11-9-18(2)10-12-20/h4-14,17,22H,3,15-16H2,1-2H3,(H,29,32)(H,34,35)/b30-28-. The fraction of sp³-hybridized carbons (Fsp3) is 0.214. The molecule has 0 spiro atoms. The molecule has 1 heterocycles. The van der Waals surface area contributed by atoms with E-state index in [1.54, 1.807) is 41.8 Å². The Morgan fingerprint density at radius 2 is 1.69 bits per heavy atom. The Hall–Kier alpha value is -4.04. The molecule has 4 rings (SSSR count). The molecular formula is C28H27N3O4S. The lowest BCUT2D eigenvalue weighted by Crippen LogP contribution is -2.27. The second-order valence-corrected chi connectivity index (χ2v) is 9.48. The largest absolute Gasteiger partial charge is 0.480 e. The number of nitrogens with one attached hydrogen (secondary N) is 1. The van der Waals surface area contributed by atoms with Crippen molar-refractivity contribution < 1.29 is 19.5 Å². The number of carboxylic acids is 1. The van der Waals surface area contributed by atoms with E-state index in [-0.39, 0.29) is 10.7 Å². The van der Waals surface area contributed by atoms with Crippen molar-refractivity contribution in [3.05, 3.63) is 99.9 Å². The Morgan fingerprint density at radius 3 is 2.36 bits per heavy atom. The van der Waals surface area contributed by atoms with Crippen molar-refractivity contribution in [1.29, 1.82) is 0 Å². The number of aryl methyl sites for hydroxylation is 1. The van der Waals surface area contributed by atoms with Crippen molar-refractivity contribution in [2.75, 3.05) is 6.54 Å². The number of carbonyl (C=O) groups excluding carboxylic acids is 2. The molecular weight excluding hydrogens is 474 g/mol. The summed E-state index contributed by atoms with van der Waals surface area (Å²) >= 11 is 1.20. The summed E-state index contributed by atoms with van der Waals surface area (Å²) in [5.74, 6) is -1.68. The number of carboxylic acid groups (broad SMARTS) is 1. The number of nitrogens with zero attached hydrogens (tertiary/aromatic N) is 2. The molecule has 8 heteroatoms. The van der Waals surface area contributed by atoms with Crippen LogP contribution < -0.4 is 10.1 Å². The first kappa shape index (κ1) is 25.1.